The molecule has 1 rings (SSSR count). The first kappa shape index (κ1) is 14.3. The second kappa shape index (κ2) is 7.51. The van der Waals surface area contributed by atoms with Crippen LogP contribution in [0.25, 0.3) is 0 Å². The standard InChI is InChI=1S/C11H21ClO3S/c12-7-3-1-2-4-9-16(13,14)10-11-6-5-8-15-11/h11H,1-10H2. The van der Waals surface area contributed by atoms with Crippen molar-refractivity contribution in [2.75, 3.05) is 24.0 Å². The van der Waals surface area contributed by atoms with Crippen LogP contribution >= 0.6 is 11.6 Å². The first-order valence-electron chi connectivity index (χ1n) is 6.02. The average molecular weight is 269 g/mol. The van der Waals surface area contributed by atoms with E-state index in [1.807, 2.05) is 0 Å². The van der Waals surface area contributed by atoms with Gasteiger partial charge >= 0.3 is 0 Å². The van der Waals surface area contributed by atoms with Gasteiger partial charge in [-0.1, -0.05) is 12.8 Å². The molecule has 0 radical (unpaired) electrons. The fourth-order valence-electron chi connectivity index (χ4n) is 1.91. The molecule has 5 heteroatoms. The maximum Gasteiger partial charge on any atom is 0.152 e. The van der Waals surface area contributed by atoms with E-state index in [-0.39, 0.29) is 11.9 Å². The summed E-state index contributed by atoms with van der Waals surface area (Å²) in [4.78, 5) is 0. The molecule has 0 amide bonds. The number of rotatable bonds is 8. The van der Waals surface area contributed by atoms with Gasteiger partial charge in [0.1, 0.15) is 0 Å². The third-order valence-corrected chi connectivity index (χ3v) is 4.86. The molecule has 16 heavy (non-hydrogen) atoms. The Hall–Kier alpha value is 0.200. The highest BCUT2D eigenvalue weighted by Crippen LogP contribution is 2.15. The Morgan fingerprint density at radius 2 is 1.94 bits per heavy atom. The minimum atomic E-state index is -2.91. The summed E-state index contributed by atoms with van der Waals surface area (Å²) in [6.45, 7) is 0.718. The topological polar surface area (TPSA) is 43.4 Å². The van der Waals surface area contributed by atoms with Gasteiger partial charge < -0.3 is 4.74 Å². The van der Waals surface area contributed by atoms with Crippen molar-refractivity contribution in [2.45, 2.75) is 44.6 Å². The van der Waals surface area contributed by atoms with Crippen molar-refractivity contribution in [3.05, 3.63) is 0 Å². The molecule has 0 spiro atoms. The largest absolute Gasteiger partial charge is 0.377 e. The lowest BCUT2D eigenvalue weighted by molar-refractivity contribution is 0.127. The summed E-state index contributed by atoms with van der Waals surface area (Å²) in [5.74, 6) is 1.18. The number of sulfone groups is 1. The number of halogens is 1. The molecule has 1 heterocycles. The zero-order valence-corrected chi connectivity index (χ0v) is 11.2. The minimum absolute atomic E-state index is 0.0483. The Balaban J connectivity index is 2.13. The van der Waals surface area contributed by atoms with Crippen LogP contribution in [0, 0.1) is 0 Å². The molecule has 1 saturated heterocycles. The van der Waals surface area contributed by atoms with E-state index in [4.69, 9.17) is 16.3 Å². The summed E-state index contributed by atoms with van der Waals surface area (Å²) in [7, 11) is -2.91. The minimum Gasteiger partial charge on any atom is -0.377 e. The molecule has 1 aliphatic heterocycles. The van der Waals surface area contributed by atoms with E-state index < -0.39 is 9.84 Å². The normalized spacial score (nSPS) is 21.4. The van der Waals surface area contributed by atoms with E-state index >= 15 is 0 Å². The zero-order valence-electron chi connectivity index (χ0n) is 9.66. The summed E-state index contributed by atoms with van der Waals surface area (Å²) in [6, 6.07) is 0. The Bertz CT molecular complexity index is 271. The van der Waals surface area contributed by atoms with Crippen LogP contribution in [-0.4, -0.2) is 38.5 Å². The van der Waals surface area contributed by atoms with Crippen molar-refractivity contribution in [1.82, 2.24) is 0 Å². The van der Waals surface area contributed by atoms with Gasteiger partial charge in [-0.2, -0.15) is 0 Å². The van der Waals surface area contributed by atoms with Crippen molar-refractivity contribution in [1.29, 1.82) is 0 Å². The van der Waals surface area contributed by atoms with Crippen LogP contribution in [0.1, 0.15) is 38.5 Å². The van der Waals surface area contributed by atoms with Crippen molar-refractivity contribution in [3.8, 4) is 0 Å². The van der Waals surface area contributed by atoms with E-state index in [1.54, 1.807) is 0 Å². The Morgan fingerprint density at radius 3 is 2.56 bits per heavy atom. The summed E-state index contributed by atoms with van der Waals surface area (Å²) in [6.07, 6.45) is 5.56. The average Bonchev–Trinajstić information content (AvgIpc) is 2.69. The van der Waals surface area contributed by atoms with Crippen LogP contribution in [0.5, 0.6) is 0 Å². The van der Waals surface area contributed by atoms with Crippen molar-refractivity contribution in [2.24, 2.45) is 0 Å². The summed E-state index contributed by atoms with van der Waals surface area (Å²) >= 11 is 5.55. The molecule has 0 aromatic carbocycles. The fourth-order valence-corrected chi connectivity index (χ4v) is 3.74. The molecule has 1 atom stereocenters. The number of unbranched alkanes of at least 4 members (excludes halogenated alkanes) is 3. The SMILES string of the molecule is O=S(=O)(CCCCCCCl)CC1CCCO1. The van der Waals surface area contributed by atoms with Crippen LogP contribution in [0.15, 0.2) is 0 Å². The molecule has 1 aliphatic rings. The fraction of sp³-hybridized carbons (Fsp3) is 1.00. The summed E-state index contributed by atoms with van der Waals surface area (Å²) in [5.41, 5.74) is 0. The van der Waals surface area contributed by atoms with Crippen LogP contribution in [0.2, 0.25) is 0 Å². The Kier molecular flexibility index (Phi) is 6.70. The van der Waals surface area contributed by atoms with E-state index in [1.165, 1.54) is 0 Å². The van der Waals surface area contributed by atoms with Gasteiger partial charge in [0, 0.05) is 12.5 Å². The molecule has 0 N–H and O–H groups in total. The van der Waals surface area contributed by atoms with Gasteiger partial charge in [-0.3, -0.25) is 0 Å². The number of hydrogen-bond donors (Lipinski definition) is 0. The number of ether oxygens (including phenoxy) is 1. The molecule has 0 saturated carbocycles. The van der Waals surface area contributed by atoms with E-state index in [0.29, 0.717) is 11.6 Å². The van der Waals surface area contributed by atoms with Crippen LogP contribution in [-0.2, 0) is 14.6 Å². The lowest BCUT2D eigenvalue weighted by atomic mass is 10.2. The lowest BCUT2D eigenvalue weighted by Crippen LogP contribution is -2.22. The first-order chi connectivity index (χ1) is 7.64. The molecule has 0 bridgehead atoms. The molecular weight excluding hydrogens is 248 g/mol. The Morgan fingerprint density at radius 1 is 1.19 bits per heavy atom. The molecule has 3 nitrogen and oxygen atoms in total. The third kappa shape index (κ3) is 6.06. The van der Waals surface area contributed by atoms with Crippen molar-refractivity contribution in [3.63, 3.8) is 0 Å². The first-order valence-corrected chi connectivity index (χ1v) is 8.37. The van der Waals surface area contributed by atoms with Gasteiger partial charge in [-0.05, 0) is 25.7 Å². The maximum atomic E-state index is 11.7. The zero-order chi connectivity index (χ0) is 11.9. The predicted octanol–water partition coefficient (Wildman–Crippen LogP) is 2.38. The van der Waals surface area contributed by atoms with Gasteiger partial charge in [-0.25, -0.2) is 8.42 Å². The van der Waals surface area contributed by atoms with Gasteiger partial charge in [0.2, 0.25) is 0 Å². The smallest absolute Gasteiger partial charge is 0.152 e. The summed E-state index contributed by atoms with van der Waals surface area (Å²) < 4.78 is 28.8. The quantitative estimate of drug-likeness (QED) is 0.501. The molecule has 1 fully saturated rings. The highest BCUT2D eigenvalue weighted by molar-refractivity contribution is 7.91. The predicted molar refractivity (Wildman–Crippen MR) is 66.8 cm³/mol. The van der Waals surface area contributed by atoms with Crippen LogP contribution in [0.3, 0.4) is 0 Å². The molecule has 0 aliphatic carbocycles. The molecule has 0 aromatic rings. The second-order valence-corrected chi connectivity index (χ2v) is 6.96. The third-order valence-electron chi connectivity index (χ3n) is 2.80. The summed E-state index contributed by atoms with van der Waals surface area (Å²) in [5, 5.41) is 0. The van der Waals surface area contributed by atoms with Gasteiger partial charge in [0.15, 0.2) is 9.84 Å². The van der Waals surface area contributed by atoms with Gasteiger partial charge in [0.25, 0.3) is 0 Å². The van der Waals surface area contributed by atoms with Crippen molar-refractivity contribution >= 4 is 21.4 Å². The lowest BCUT2D eigenvalue weighted by Gasteiger charge is -2.09. The second-order valence-electron chi connectivity index (χ2n) is 4.35. The van der Waals surface area contributed by atoms with E-state index in [2.05, 4.69) is 0 Å². The van der Waals surface area contributed by atoms with Crippen LogP contribution < -0.4 is 0 Å². The maximum absolute atomic E-state index is 11.7. The molecule has 96 valence electrons. The number of hydrogen-bond acceptors (Lipinski definition) is 3. The van der Waals surface area contributed by atoms with Gasteiger partial charge in [-0.15, -0.1) is 11.6 Å². The molecule has 0 aromatic heterocycles. The van der Waals surface area contributed by atoms with E-state index in [0.717, 1.165) is 45.1 Å². The molecular formula is C11H21ClO3S. The van der Waals surface area contributed by atoms with Crippen molar-refractivity contribution < 1.29 is 13.2 Å². The molecule has 1 unspecified atom stereocenters. The van der Waals surface area contributed by atoms with Gasteiger partial charge in [0.05, 0.1) is 17.6 Å². The number of alkyl halides is 1. The van der Waals surface area contributed by atoms with E-state index in [9.17, 15) is 8.42 Å². The highest BCUT2D eigenvalue weighted by Gasteiger charge is 2.22. The Labute approximate surface area is 103 Å². The monoisotopic (exact) mass is 268 g/mol. The highest BCUT2D eigenvalue weighted by atomic mass is 35.5. The van der Waals surface area contributed by atoms with Crippen LogP contribution in [0.4, 0.5) is 0 Å².